The molecule has 0 bridgehead atoms. The molecule has 0 unspecified atom stereocenters. The second kappa shape index (κ2) is 5.20. The van der Waals surface area contributed by atoms with Gasteiger partial charge in [-0.05, 0) is 43.5 Å². The Labute approximate surface area is 103 Å². The van der Waals surface area contributed by atoms with Crippen LogP contribution >= 0.6 is 0 Å². The third-order valence-corrected chi connectivity index (χ3v) is 3.57. The third-order valence-electron chi connectivity index (χ3n) is 2.40. The first-order valence-corrected chi connectivity index (χ1v) is 7.79. The second-order valence-corrected chi connectivity index (χ2v) is 5.56. The van der Waals surface area contributed by atoms with Crippen molar-refractivity contribution in [2.75, 3.05) is 14.1 Å². The average Bonchev–Trinajstić information content (AvgIpc) is 2.66. The minimum absolute atomic E-state index is 0.905. The van der Waals surface area contributed by atoms with E-state index in [9.17, 15) is 0 Å². The Morgan fingerprint density at radius 2 is 1.35 bits per heavy atom. The van der Waals surface area contributed by atoms with E-state index >= 15 is 0 Å². The first-order chi connectivity index (χ1) is 8.24. The molecule has 0 saturated heterocycles. The molecule has 0 aliphatic carbocycles. The molecule has 1 heterocycles. The minimum atomic E-state index is -1.43. The number of fused-ring (bicyclic) bond motifs is 2. The lowest BCUT2D eigenvalue weighted by Gasteiger charge is -2.00. The molecule has 3 nitrogen and oxygen atoms in total. The van der Waals surface area contributed by atoms with Crippen LogP contribution in [-0.4, -0.2) is 23.4 Å². The van der Waals surface area contributed by atoms with Gasteiger partial charge in [-0.25, -0.2) is 0 Å². The van der Waals surface area contributed by atoms with E-state index in [1.54, 1.807) is 0 Å². The summed E-state index contributed by atoms with van der Waals surface area (Å²) < 4.78 is 11.3. The fraction of sp³-hybridized carbons (Fsp3) is 0.231. The van der Waals surface area contributed by atoms with Crippen molar-refractivity contribution in [1.82, 2.24) is 5.32 Å². The Kier molecular flexibility index (Phi) is 3.66. The molecule has 17 heavy (non-hydrogen) atoms. The molecule has 0 aromatic heterocycles. The Morgan fingerprint density at radius 1 is 0.941 bits per heavy atom. The maximum atomic E-state index is 5.63. The van der Waals surface area contributed by atoms with Gasteiger partial charge in [-0.1, -0.05) is 24.3 Å². The summed E-state index contributed by atoms with van der Waals surface area (Å²) in [5, 5.41) is 5.16. The molecule has 1 N–H and O–H groups in total. The zero-order valence-electron chi connectivity index (χ0n) is 10.4. The predicted octanol–water partition coefficient (Wildman–Crippen LogP) is 2.30. The molecule has 2 aromatic rings. The number of nitrogens with one attached hydrogen (secondary N) is 1. The van der Waals surface area contributed by atoms with E-state index in [2.05, 4.69) is 29.6 Å². The maximum Gasteiger partial charge on any atom is 0.441 e. The van der Waals surface area contributed by atoms with Crippen LogP contribution in [-0.2, 0) is 0 Å². The molecule has 4 heteroatoms. The molecule has 0 saturated carbocycles. The van der Waals surface area contributed by atoms with Crippen molar-refractivity contribution >= 4 is 20.1 Å². The van der Waals surface area contributed by atoms with Gasteiger partial charge in [0.05, 0.1) is 0 Å². The van der Waals surface area contributed by atoms with Gasteiger partial charge in [0.25, 0.3) is 0 Å². The number of benzene rings is 2. The standard InChI is InChI=1S/C11H10O2Si.C2H7N/c1-14-12-10-6-8-4-2-3-5-9(8)7-11(10)13-14;1-3-2/h2-7,14H,1H3;3H,1-2H3. The molecule has 1 aliphatic rings. The minimum Gasteiger partial charge on any atom is -0.511 e. The van der Waals surface area contributed by atoms with E-state index < -0.39 is 9.28 Å². The lowest BCUT2D eigenvalue weighted by molar-refractivity contribution is 0.510. The van der Waals surface area contributed by atoms with Crippen molar-refractivity contribution in [3.63, 3.8) is 0 Å². The van der Waals surface area contributed by atoms with E-state index in [4.69, 9.17) is 8.85 Å². The molecule has 2 aromatic carbocycles. The highest BCUT2D eigenvalue weighted by Gasteiger charge is 2.22. The number of hydrogen-bond acceptors (Lipinski definition) is 3. The summed E-state index contributed by atoms with van der Waals surface area (Å²) in [5.74, 6) is 1.81. The summed E-state index contributed by atoms with van der Waals surface area (Å²) in [7, 11) is 2.32. The average molecular weight is 247 g/mol. The van der Waals surface area contributed by atoms with Crippen LogP contribution in [0.2, 0.25) is 6.55 Å². The van der Waals surface area contributed by atoms with E-state index in [1.807, 2.05) is 32.8 Å². The molecular formula is C13H17NO2Si. The molecule has 0 fully saturated rings. The Hall–Kier alpha value is -1.52. The van der Waals surface area contributed by atoms with Gasteiger partial charge in [0.1, 0.15) is 11.5 Å². The van der Waals surface area contributed by atoms with Gasteiger partial charge in [-0.15, -0.1) is 0 Å². The lowest BCUT2D eigenvalue weighted by Crippen LogP contribution is -2.18. The second-order valence-electron chi connectivity index (χ2n) is 3.95. The summed E-state index contributed by atoms with van der Waals surface area (Å²) in [6.07, 6.45) is 0. The molecular weight excluding hydrogens is 230 g/mol. The van der Waals surface area contributed by atoms with Gasteiger partial charge in [0.2, 0.25) is 0 Å². The van der Waals surface area contributed by atoms with Gasteiger partial charge >= 0.3 is 9.28 Å². The highest BCUT2D eigenvalue weighted by atomic mass is 28.3. The van der Waals surface area contributed by atoms with E-state index in [1.165, 1.54) is 10.8 Å². The largest absolute Gasteiger partial charge is 0.511 e. The fourth-order valence-corrected chi connectivity index (χ4v) is 2.90. The van der Waals surface area contributed by atoms with Crippen molar-refractivity contribution in [1.29, 1.82) is 0 Å². The zero-order valence-corrected chi connectivity index (χ0v) is 11.5. The van der Waals surface area contributed by atoms with Crippen LogP contribution in [0.3, 0.4) is 0 Å². The third kappa shape index (κ3) is 2.59. The van der Waals surface area contributed by atoms with Crippen molar-refractivity contribution in [3.8, 4) is 11.5 Å². The van der Waals surface area contributed by atoms with Crippen LogP contribution < -0.4 is 14.2 Å². The first-order valence-electron chi connectivity index (χ1n) is 5.69. The van der Waals surface area contributed by atoms with Gasteiger partial charge in [-0.3, -0.25) is 0 Å². The van der Waals surface area contributed by atoms with Gasteiger partial charge in [0, 0.05) is 0 Å². The molecule has 0 atom stereocenters. The Balaban J connectivity index is 0.000000329. The quantitative estimate of drug-likeness (QED) is 0.725. The molecule has 3 rings (SSSR count). The number of rotatable bonds is 0. The molecule has 0 spiro atoms. The summed E-state index contributed by atoms with van der Waals surface area (Å²) in [6, 6.07) is 12.4. The van der Waals surface area contributed by atoms with Crippen LogP contribution in [0.5, 0.6) is 11.5 Å². The normalized spacial score (nSPS) is 13.4. The Morgan fingerprint density at radius 3 is 1.76 bits per heavy atom. The van der Waals surface area contributed by atoms with Crippen molar-refractivity contribution in [2.45, 2.75) is 6.55 Å². The van der Waals surface area contributed by atoms with Crippen LogP contribution in [0, 0.1) is 0 Å². The number of hydrogen-bond donors (Lipinski definition) is 1. The van der Waals surface area contributed by atoms with Gasteiger partial charge in [-0.2, -0.15) is 0 Å². The van der Waals surface area contributed by atoms with E-state index in [-0.39, 0.29) is 0 Å². The lowest BCUT2D eigenvalue weighted by atomic mass is 10.1. The first kappa shape index (κ1) is 11.9. The molecule has 0 amide bonds. The molecule has 90 valence electrons. The van der Waals surface area contributed by atoms with E-state index in [0.717, 1.165) is 11.5 Å². The summed E-state index contributed by atoms with van der Waals surface area (Å²) >= 11 is 0. The van der Waals surface area contributed by atoms with Gasteiger partial charge in [0.15, 0.2) is 0 Å². The maximum absolute atomic E-state index is 5.63. The van der Waals surface area contributed by atoms with Crippen molar-refractivity contribution in [2.24, 2.45) is 0 Å². The van der Waals surface area contributed by atoms with Crippen LogP contribution in [0.25, 0.3) is 10.8 Å². The van der Waals surface area contributed by atoms with Crippen LogP contribution in [0.1, 0.15) is 0 Å². The zero-order chi connectivity index (χ0) is 12.3. The van der Waals surface area contributed by atoms with Crippen molar-refractivity contribution < 1.29 is 8.85 Å². The molecule has 0 radical (unpaired) electrons. The predicted molar refractivity (Wildman–Crippen MR) is 73.2 cm³/mol. The van der Waals surface area contributed by atoms with E-state index in [0.29, 0.717) is 0 Å². The summed E-state index contributed by atoms with van der Waals surface area (Å²) in [6.45, 7) is 2.03. The highest BCUT2D eigenvalue weighted by molar-refractivity contribution is 6.46. The molecule has 1 aliphatic heterocycles. The van der Waals surface area contributed by atoms with Crippen molar-refractivity contribution in [3.05, 3.63) is 36.4 Å². The SMILES string of the molecule is CNC.C[SiH]1Oc2cc3ccccc3cc2O1. The van der Waals surface area contributed by atoms with Crippen LogP contribution in [0.15, 0.2) is 36.4 Å². The van der Waals surface area contributed by atoms with Gasteiger partial charge < -0.3 is 14.2 Å². The van der Waals surface area contributed by atoms with Crippen LogP contribution in [0.4, 0.5) is 0 Å². The summed E-state index contributed by atoms with van der Waals surface area (Å²) in [4.78, 5) is 0. The fourth-order valence-electron chi connectivity index (χ4n) is 1.76. The Bertz CT molecular complexity index is 471. The highest BCUT2D eigenvalue weighted by Crippen LogP contribution is 2.36. The summed E-state index contributed by atoms with van der Waals surface area (Å²) in [5.41, 5.74) is 0. The topological polar surface area (TPSA) is 30.5 Å². The monoisotopic (exact) mass is 247 g/mol. The smallest absolute Gasteiger partial charge is 0.441 e.